The molecule has 1 aliphatic heterocycles. The molecule has 0 aromatic heterocycles. The molecule has 0 atom stereocenters. The van der Waals surface area contributed by atoms with E-state index in [1.165, 1.54) is 42.5 Å². The minimum absolute atomic E-state index is 0.0605. The standard InChI is InChI=1S/C22H13BrN2O6/c23-15-4-1-13(2-5-15)12-31-22(28)14-3-10-18-19(11-14)21(27)24(20(18)26)16-6-8-17(9-7-16)25(29)30/h1-11H,12H2. The topological polar surface area (TPSA) is 107 Å². The number of nitro groups is 1. The van der Waals surface area contributed by atoms with Crippen molar-refractivity contribution >= 4 is 45.1 Å². The smallest absolute Gasteiger partial charge is 0.338 e. The van der Waals surface area contributed by atoms with Crippen LogP contribution in [0.2, 0.25) is 0 Å². The number of halogens is 1. The van der Waals surface area contributed by atoms with Gasteiger partial charge in [-0.25, -0.2) is 9.69 Å². The lowest BCUT2D eigenvalue weighted by molar-refractivity contribution is -0.384. The molecule has 3 aromatic carbocycles. The van der Waals surface area contributed by atoms with E-state index < -0.39 is 22.7 Å². The molecule has 154 valence electrons. The first-order valence-electron chi connectivity index (χ1n) is 9.04. The van der Waals surface area contributed by atoms with Crippen LogP contribution in [0.3, 0.4) is 0 Å². The summed E-state index contributed by atoms with van der Waals surface area (Å²) in [6.07, 6.45) is 0. The molecule has 0 aliphatic carbocycles. The van der Waals surface area contributed by atoms with E-state index >= 15 is 0 Å². The zero-order chi connectivity index (χ0) is 22.1. The van der Waals surface area contributed by atoms with Crippen molar-refractivity contribution in [3.63, 3.8) is 0 Å². The van der Waals surface area contributed by atoms with Crippen molar-refractivity contribution in [2.24, 2.45) is 0 Å². The van der Waals surface area contributed by atoms with Crippen molar-refractivity contribution < 1.29 is 24.0 Å². The molecule has 0 saturated carbocycles. The molecule has 1 aliphatic rings. The number of carbonyl (C=O) groups is 3. The second kappa shape index (κ2) is 8.11. The average molecular weight is 481 g/mol. The average Bonchev–Trinajstić information content (AvgIpc) is 3.02. The molecule has 3 aromatic rings. The van der Waals surface area contributed by atoms with Crippen molar-refractivity contribution in [1.29, 1.82) is 0 Å². The molecule has 9 heteroatoms. The fourth-order valence-electron chi connectivity index (χ4n) is 3.14. The predicted octanol–water partition coefficient (Wildman–Crippen LogP) is 4.51. The van der Waals surface area contributed by atoms with Gasteiger partial charge in [-0.15, -0.1) is 0 Å². The van der Waals surface area contributed by atoms with E-state index in [1.807, 2.05) is 24.3 Å². The molecule has 0 spiro atoms. The van der Waals surface area contributed by atoms with Gasteiger partial charge in [-0.1, -0.05) is 28.1 Å². The van der Waals surface area contributed by atoms with Crippen molar-refractivity contribution in [2.75, 3.05) is 4.90 Å². The number of hydrogen-bond acceptors (Lipinski definition) is 6. The third-order valence-electron chi connectivity index (χ3n) is 4.72. The van der Waals surface area contributed by atoms with Gasteiger partial charge in [0.25, 0.3) is 17.5 Å². The molecule has 0 radical (unpaired) electrons. The van der Waals surface area contributed by atoms with E-state index in [9.17, 15) is 24.5 Å². The Bertz CT molecular complexity index is 1220. The maximum absolute atomic E-state index is 12.8. The van der Waals surface area contributed by atoms with E-state index in [2.05, 4.69) is 15.9 Å². The first kappa shape index (κ1) is 20.4. The number of ether oxygens (including phenoxy) is 1. The summed E-state index contributed by atoms with van der Waals surface area (Å²) < 4.78 is 6.20. The quantitative estimate of drug-likeness (QED) is 0.230. The number of nitro benzene ring substituents is 1. The van der Waals surface area contributed by atoms with Crippen LogP contribution in [0, 0.1) is 10.1 Å². The van der Waals surface area contributed by atoms with Gasteiger partial charge in [0.15, 0.2) is 0 Å². The summed E-state index contributed by atoms with van der Waals surface area (Å²) in [5.41, 5.74) is 1.21. The lowest BCUT2D eigenvalue weighted by atomic mass is 10.1. The Morgan fingerprint density at radius 1 is 0.935 bits per heavy atom. The Hall–Kier alpha value is -3.85. The predicted molar refractivity (Wildman–Crippen MR) is 114 cm³/mol. The minimum Gasteiger partial charge on any atom is -0.457 e. The normalized spacial score (nSPS) is 12.6. The van der Waals surface area contributed by atoms with Gasteiger partial charge in [-0.05, 0) is 48.0 Å². The van der Waals surface area contributed by atoms with E-state index in [1.54, 1.807) is 0 Å². The Balaban J connectivity index is 1.53. The van der Waals surface area contributed by atoms with Crippen LogP contribution in [-0.2, 0) is 11.3 Å². The van der Waals surface area contributed by atoms with Crippen LogP contribution in [0.5, 0.6) is 0 Å². The third-order valence-corrected chi connectivity index (χ3v) is 5.25. The molecule has 0 N–H and O–H groups in total. The number of fused-ring (bicyclic) bond motifs is 1. The van der Waals surface area contributed by atoms with Crippen molar-refractivity contribution in [1.82, 2.24) is 0 Å². The maximum Gasteiger partial charge on any atom is 0.338 e. The summed E-state index contributed by atoms with van der Waals surface area (Å²) in [4.78, 5) is 49.1. The molecule has 0 bridgehead atoms. The number of anilines is 1. The molecule has 0 unspecified atom stereocenters. The van der Waals surface area contributed by atoms with Gasteiger partial charge in [0.05, 0.1) is 27.3 Å². The van der Waals surface area contributed by atoms with Crippen LogP contribution in [0.15, 0.2) is 71.2 Å². The molecule has 0 saturated heterocycles. The summed E-state index contributed by atoms with van der Waals surface area (Å²) in [7, 11) is 0. The highest BCUT2D eigenvalue weighted by Crippen LogP contribution is 2.30. The number of amides is 2. The van der Waals surface area contributed by atoms with Crippen LogP contribution >= 0.6 is 15.9 Å². The van der Waals surface area contributed by atoms with Crippen LogP contribution in [-0.4, -0.2) is 22.7 Å². The van der Waals surface area contributed by atoms with Crippen molar-refractivity contribution in [3.05, 3.63) is 104 Å². The highest BCUT2D eigenvalue weighted by Gasteiger charge is 2.37. The van der Waals surface area contributed by atoms with E-state index in [4.69, 9.17) is 4.74 Å². The molecular formula is C22H13BrN2O6. The van der Waals surface area contributed by atoms with Gasteiger partial charge < -0.3 is 4.74 Å². The van der Waals surface area contributed by atoms with Crippen molar-refractivity contribution in [3.8, 4) is 0 Å². The molecule has 2 amide bonds. The van der Waals surface area contributed by atoms with Gasteiger partial charge in [0.1, 0.15) is 6.61 Å². The van der Waals surface area contributed by atoms with Gasteiger partial charge in [-0.2, -0.15) is 0 Å². The second-order valence-electron chi connectivity index (χ2n) is 6.68. The molecule has 4 rings (SSSR count). The van der Waals surface area contributed by atoms with Gasteiger partial charge >= 0.3 is 5.97 Å². The van der Waals surface area contributed by atoms with Gasteiger partial charge in [-0.3, -0.25) is 19.7 Å². The Labute approximate surface area is 184 Å². The zero-order valence-corrected chi connectivity index (χ0v) is 17.4. The molecule has 1 heterocycles. The second-order valence-corrected chi connectivity index (χ2v) is 7.60. The summed E-state index contributed by atoms with van der Waals surface area (Å²) in [6.45, 7) is 0.0605. The summed E-state index contributed by atoms with van der Waals surface area (Å²) in [5, 5.41) is 10.8. The minimum atomic E-state index is -0.625. The number of non-ortho nitro benzene ring substituents is 1. The molecule has 8 nitrogen and oxygen atoms in total. The maximum atomic E-state index is 12.8. The summed E-state index contributed by atoms with van der Waals surface area (Å²) in [5.74, 6) is -1.81. The highest BCUT2D eigenvalue weighted by molar-refractivity contribution is 9.10. The molecule has 31 heavy (non-hydrogen) atoms. The van der Waals surface area contributed by atoms with Gasteiger partial charge in [0, 0.05) is 16.6 Å². The SMILES string of the molecule is O=C(OCc1ccc(Br)cc1)c1ccc2c(c1)C(=O)N(c1ccc([N+](=O)[O-])cc1)C2=O. The number of rotatable bonds is 5. The monoisotopic (exact) mass is 480 g/mol. The Morgan fingerprint density at radius 2 is 1.58 bits per heavy atom. The third kappa shape index (κ3) is 3.95. The van der Waals surface area contributed by atoms with Crippen LogP contribution in [0.4, 0.5) is 11.4 Å². The Kier molecular flexibility index (Phi) is 5.35. The van der Waals surface area contributed by atoms with Gasteiger partial charge in [0.2, 0.25) is 0 Å². The van der Waals surface area contributed by atoms with E-state index in [-0.39, 0.29) is 34.7 Å². The van der Waals surface area contributed by atoms with Crippen LogP contribution < -0.4 is 4.90 Å². The zero-order valence-electron chi connectivity index (χ0n) is 15.8. The highest BCUT2D eigenvalue weighted by atomic mass is 79.9. The number of nitrogens with zero attached hydrogens (tertiary/aromatic N) is 2. The number of hydrogen-bond donors (Lipinski definition) is 0. The lowest BCUT2D eigenvalue weighted by Crippen LogP contribution is -2.29. The fourth-order valence-corrected chi connectivity index (χ4v) is 3.40. The van der Waals surface area contributed by atoms with E-state index in [0.29, 0.717) is 0 Å². The first-order chi connectivity index (χ1) is 14.8. The van der Waals surface area contributed by atoms with Crippen molar-refractivity contribution in [2.45, 2.75) is 6.61 Å². The number of carbonyl (C=O) groups excluding carboxylic acids is 3. The number of imide groups is 1. The number of benzene rings is 3. The number of esters is 1. The Morgan fingerprint density at radius 3 is 2.23 bits per heavy atom. The fraction of sp³-hybridized carbons (Fsp3) is 0.0455. The lowest BCUT2D eigenvalue weighted by Gasteiger charge is -2.13. The van der Waals surface area contributed by atoms with Crippen LogP contribution in [0.1, 0.15) is 36.6 Å². The molecule has 0 fully saturated rings. The molecular weight excluding hydrogens is 468 g/mol. The largest absolute Gasteiger partial charge is 0.457 e. The van der Waals surface area contributed by atoms with Crippen LogP contribution in [0.25, 0.3) is 0 Å². The first-order valence-corrected chi connectivity index (χ1v) is 9.83. The summed E-state index contributed by atoms with van der Waals surface area (Å²) in [6, 6.07) is 16.5. The summed E-state index contributed by atoms with van der Waals surface area (Å²) >= 11 is 3.33. The van der Waals surface area contributed by atoms with E-state index in [0.717, 1.165) is 14.9 Å².